The van der Waals surface area contributed by atoms with Crippen molar-refractivity contribution in [1.29, 1.82) is 0 Å². The second-order valence-corrected chi connectivity index (χ2v) is 4.98. The van der Waals surface area contributed by atoms with E-state index >= 15 is 0 Å². The number of benzene rings is 1. The van der Waals surface area contributed by atoms with Crippen LogP contribution in [-0.4, -0.2) is 24.5 Å². The molecule has 0 amide bonds. The molecular formula is C14H22N2. The molecule has 0 aromatic heterocycles. The molecule has 1 heterocycles. The predicted octanol–water partition coefficient (Wildman–Crippen LogP) is 2.10. The summed E-state index contributed by atoms with van der Waals surface area (Å²) in [5.74, 6) is 1.47. The molecule has 16 heavy (non-hydrogen) atoms. The number of piperidine rings is 1. The predicted molar refractivity (Wildman–Crippen MR) is 68.0 cm³/mol. The van der Waals surface area contributed by atoms with Crippen LogP contribution in [0.15, 0.2) is 30.3 Å². The standard InChI is InChI=1S/C14H22N2/c1-12-7-8-16(11-14(12)9-15)10-13-5-3-2-4-6-13/h2-6,12,14H,7-11,15H2,1H3/t12-,14+/m1/s1. The molecule has 2 nitrogen and oxygen atoms in total. The average Bonchev–Trinajstić information content (AvgIpc) is 2.33. The van der Waals surface area contributed by atoms with E-state index in [9.17, 15) is 0 Å². The van der Waals surface area contributed by atoms with E-state index in [2.05, 4.69) is 42.2 Å². The number of hydrogen-bond donors (Lipinski definition) is 1. The van der Waals surface area contributed by atoms with Crippen molar-refractivity contribution in [3.05, 3.63) is 35.9 Å². The van der Waals surface area contributed by atoms with Crippen LogP contribution in [0.1, 0.15) is 18.9 Å². The van der Waals surface area contributed by atoms with E-state index < -0.39 is 0 Å². The highest BCUT2D eigenvalue weighted by Gasteiger charge is 2.24. The van der Waals surface area contributed by atoms with Crippen molar-refractivity contribution in [2.45, 2.75) is 19.9 Å². The fourth-order valence-corrected chi connectivity index (χ4v) is 2.52. The lowest BCUT2D eigenvalue weighted by Gasteiger charge is -2.36. The first-order valence-electron chi connectivity index (χ1n) is 6.26. The Morgan fingerprint density at radius 2 is 2.06 bits per heavy atom. The fraction of sp³-hybridized carbons (Fsp3) is 0.571. The lowest BCUT2D eigenvalue weighted by Crippen LogP contribution is -2.42. The zero-order valence-electron chi connectivity index (χ0n) is 10.1. The van der Waals surface area contributed by atoms with E-state index in [-0.39, 0.29) is 0 Å². The zero-order chi connectivity index (χ0) is 11.4. The molecule has 1 fully saturated rings. The molecule has 1 aromatic carbocycles. The van der Waals surface area contributed by atoms with Gasteiger partial charge in [0.1, 0.15) is 0 Å². The molecule has 2 N–H and O–H groups in total. The van der Waals surface area contributed by atoms with Crippen molar-refractivity contribution >= 4 is 0 Å². The fourth-order valence-electron chi connectivity index (χ4n) is 2.52. The zero-order valence-corrected chi connectivity index (χ0v) is 10.1. The van der Waals surface area contributed by atoms with Crippen LogP contribution in [0.3, 0.4) is 0 Å². The lowest BCUT2D eigenvalue weighted by molar-refractivity contribution is 0.126. The van der Waals surface area contributed by atoms with Crippen molar-refractivity contribution < 1.29 is 0 Å². The van der Waals surface area contributed by atoms with Gasteiger partial charge < -0.3 is 5.73 Å². The summed E-state index contributed by atoms with van der Waals surface area (Å²) in [6, 6.07) is 10.7. The number of nitrogens with two attached hydrogens (primary N) is 1. The Hall–Kier alpha value is -0.860. The van der Waals surface area contributed by atoms with Gasteiger partial charge in [-0.05, 0) is 36.9 Å². The van der Waals surface area contributed by atoms with Crippen LogP contribution < -0.4 is 5.73 Å². The molecule has 0 spiro atoms. The Morgan fingerprint density at radius 1 is 1.31 bits per heavy atom. The Labute approximate surface area is 98.4 Å². The molecule has 0 unspecified atom stereocenters. The van der Waals surface area contributed by atoms with Crippen LogP contribution in [-0.2, 0) is 6.54 Å². The van der Waals surface area contributed by atoms with Crippen molar-refractivity contribution in [2.75, 3.05) is 19.6 Å². The van der Waals surface area contributed by atoms with Crippen molar-refractivity contribution in [3.8, 4) is 0 Å². The molecule has 0 saturated carbocycles. The Morgan fingerprint density at radius 3 is 2.75 bits per heavy atom. The number of rotatable bonds is 3. The number of likely N-dealkylation sites (tertiary alicyclic amines) is 1. The first kappa shape index (κ1) is 11.6. The topological polar surface area (TPSA) is 29.3 Å². The summed E-state index contributed by atoms with van der Waals surface area (Å²) in [6.07, 6.45) is 1.29. The van der Waals surface area contributed by atoms with E-state index in [0.717, 1.165) is 25.6 Å². The molecule has 0 radical (unpaired) electrons. The van der Waals surface area contributed by atoms with Gasteiger partial charge in [-0.15, -0.1) is 0 Å². The van der Waals surface area contributed by atoms with Gasteiger partial charge in [-0.3, -0.25) is 4.90 Å². The molecule has 0 aliphatic carbocycles. The van der Waals surface area contributed by atoms with E-state index in [0.29, 0.717) is 5.92 Å². The van der Waals surface area contributed by atoms with Crippen LogP contribution in [0.5, 0.6) is 0 Å². The second-order valence-electron chi connectivity index (χ2n) is 4.98. The summed E-state index contributed by atoms with van der Waals surface area (Å²) in [5.41, 5.74) is 7.23. The quantitative estimate of drug-likeness (QED) is 0.842. The molecule has 2 heteroatoms. The molecule has 2 atom stereocenters. The second kappa shape index (κ2) is 5.46. The van der Waals surface area contributed by atoms with Gasteiger partial charge >= 0.3 is 0 Å². The van der Waals surface area contributed by atoms with Crippen LogP contribution in [0.2, 0.25) is 0 Å². The molecule has 1 saturated heterocycles. The van der Waals surface area contributed by atoms with Crippen LogP contribution in [0.25, 0.3) is 0 Å². The van der Waals surface area contributed by atoms with Gasteiger partial charge in [-0.2, -0.15) is 0 Å². The van der Waals surface area contributed by atoms with E-state index in [1.165, 1.54) is 18.5 Å². The van der Waals surface area contributed by atoms with Crippen molar-refractivity contribution in [1.82, 2.24) is 4.90 Å². The molecule has 1 aromatic rings. The molecule has 0 bridgehead atoms. The van der Waals surface area contributed by atoms with Crippen LogP contribution in [0.4, 0.5) is 0 Å². The van der Waals surface area contributed by atoms with Gasteiger partial charge in [-0.25, -0.2) is 0 Å². The minimum Gasteiger partial charge on any atom is -0.330 e. The average molecular weight is 218 g/mol. The lowest BCUT2D eigenvalue weighted by atomic mass is 9.87. The van der Waals surface area contributed by atoms with Gasteiger partial charge in [0.05, 0.1) is 0 Å². The Bertz CT molecular complexity index is 310. The van der Waals surface area contributed by atoms with Gasteiger partial charge in [-0.1, -0.05) is 37.3 Å². The van der Waals surface area contributed by atoms with Gasteiger partial charge in [0.15, 0.2) is 0 Å². The van der Waals surface area contributed by atoms with Crippen LogP contribution >= 0.6 is 0 Å². The summed E-state index contributed by atoms with van der Waals surface area (Å²) in [5, 5.41) is 0. The maximum atomic E-state index is 5.82. The highest BCUT2D eigenvalue weighted by molar-refractivity contribution is 5.14. The summed E-state index contributed by atoms with van der Waals surface area (Å²) in [4.78, 5) is 2.53. The highest BCUT2D eigenvalue weighted by Crippen LogP contribution is 2.23. The highest BCUT2D eigenvalue weighted by atomic mass is 15.1. The summed E-state index contributed by atoms with van der Waals surface area (Å²) < 4.78 is 0. The monoisotopic (exact) mass is 218 g/mol. The van der Waals surface area contributed by atoms with E-state index in [1.807, 2.05) is 0 Å². The van der Waals surface area contributed by atoms with Gasteiger partial charge in [0.2, 0.25) is 0 Å². The Kier molecular flexibility index (Phi) is 3.97. The molecular weight excluding hydrogens is 196 g/mol. The summed E-state index contributed by atoms with van der Waals surface area (Å²) >= 11 is 0. The smallest absolute Gasteiger partial charge is 0.0233 e. The van der Waals surface area contributed by atoms with Gasteiger partial charge in [0, 0.05) is 13.1 Å². The maximum absolute atomic E-state index is 5.82. The summed E-state index contributed by atoms with van der Waals surface area (Å²) in [6.45, 7) is 6.60. The minimum absolute atomic E-state index is 0.678. The number of hydrogen-bond acceptors (Lipinski definition) is 2. The number of nitrogens with zero attached hydrogens (tertiary/aromatic N) is 1. The molecule has 1 aliphatic heterocycles. The van der Waals surface area contributed by atoms with Crippen molar-refractivity contribution in [3.63, 3.8) is 0 Å². The van der Waals surface area contributed by atoms with Crippen molar-refractivity contribution in [2.24, 2.45) is 17.6 Å². The minimum atomic E-state index is 0.678. The third-order valence-electron chi connectivity index (χ3n) is 3.75. The van der Waals surface area contributed by atoms with E-state index in [4.69, 9.17) is 5.73 Å². The first-order chi connectivity index (χ1) is 7.79. The third kappa shape index (κ3) is 2.83. The third-order valence-corrected chi connectivity index (χ3v) is 3.75. The molecule has 1 aliphatic rings. The molecule has 88 valence electrons. The maximum Gasteiger partial charge on any atom is 0.0233 e. The molecule has 2 rings (SSSR count). The largest absolute Gasteiger partial charge is 0.330 e. The van der Waals surface area contributed by atoms with Gasteiger partial charge in [0.25, 0.3) is 0 Å². The summed E-state index contributed by atoms with van der Waals surface area (Å²) in [7, 11) is 0. The van der Waals surface area contributed by atoms with E-state index in [1.54, 1.807) is 0 Å². The first-order valence-corrected chi connectivity index (χ1v) is 6.26. The van der Waals surface area contributed by atoms with Crippen LogP contribution in [0, 0.1) is 11.8 Å². The Balaban J connectivity index is 1.92. The normalized spacial score (nSPS) is 26.9. The SMILES string of the molecule is C[C@@H]1CCN(Cc2ccccc2)C[C@@H]1CN.